The van der Waals surface area contributed by atoms with Crippen LogP contribution in [0.25, 0.3) is 16.6 Å². The fourth-order valence-electron chi connectivity index (χ4n) is 4.61. The number of hydrogen-bond acceptors (Lipinski definition) is 7. The molecule has 1 fully saturated rings. The van der Waals surface area contributed by atoms with Gasteiger partial charge in [-0.15, -0.1) is 0 Å². The van der Waals surface area contributed by atoms with Crippen LogP contribution in [0.1, 0.15) is 18.4 Å². The Kier molecular flexibility index (Phi) is 7.13. The van der Waals surface area contributed by atoms with E-state index in [2.05, 4.69) is 5.10 Å². The van der Waals surface area contributed by atoms with E-state index in [9.17, 15) is 18.3 Å². The van der Waals surface area contributed by atoms with Crippen LogP contribution in [0, 0.1) is 0 Å². The van der Waals surface area contributed by atoms with Gasteiger partial charge in [-0.05, 0) is 42.7 Å². The normalized spacial score (nSPS) is 16.4. The van der Waals surface area contributed by atoms with E-state index < -0.39 is 21.6 Å². The maximum atomic E-state index is 13.8. The quantitative estimate of drug-likeness (QED) is 0.473. The van der Waals surface area contributed by atoms with Gasteiger partial charge in [-0.1, -0.05) is 6.07 Å². The maximum Gasteiger partial charge on any atom is 0.307 e. The van der Waals surface area contributed by atoms with Crippen molar-refractivity contribution < 1.29 is 32.5 Å². The first-order chi connectivity index (χ1) is 16.7. The van der Waals surface area contributed by atoms with Crippen molar-refractivity contribution in [2.45, 2.75) is 29.8 Å². The standard InChI is InChI=1S/C24H29N3O7S/c1-32-16-24(34-3)8-11-26(12-9-24)35(30,31)21-6-4-5-20(33-2)23(21)17-7-10-27-19(13-17)18(15-25-27)14-22(28)29/h4-7,10,13,15H,8-9,11-12,14,16H2,1-3H3,(H,28,29). The van der Waals surface area contributed by atoms with E-state index in [1.165, 1.54) is 17.6 Å². The molecule has 188 valence electrons. The molecule has 3 heterocycles. The molecule has 3 aromatic rings. The summed E-state index contributed by atoms with van der Waals surface area (Å²) in [6.07, 6.45) is 4.01. The van der Waals surface area contributed by atoms with Crippen molar-refractivity contribution in [2.75, 3.05) is 41.0 Å². The Morgan fingerprint density at radius 3 is 2.54 bits per heavy atom. The predicted octanol–water partition coefficient (Wildman–Crippen LogP) is 2.45. The van der Waals surface area contributed by atoms with Crippen LogP contribution in [0.5, 0.6) is 5.75 Å². The van der Waals surface area contributed by atoms with Crippen LogP contribution in [0.4, 0.5) is 0 Å². The minimum Gasteiger partial charge on any atom is -0.496 e. The molecule has 0 atom stereocenters. The van der Waals surface area contributed by atoms with E-state index in [1.54, 1.807) is 55.3 Å². The lowest BCUT2D eigenvalue weighted by Crippen LogP contribution is -2.49. The number of carboxylic acid groups (broad SMARTS) is 1. The van der Waals surface area contributed by atoms with Gasteiger partial charge in [0.25, 0.3) is 0 Å². The summed E-state index contributed by atoms with van der Waals surface area (Å²) in [5.74, 6) is -0.575. The Morgan fingerprint density at radius 1 is 1.17 bits per heavy atom. The first-order valence-corrected chi connectivity index (χ1v) is 12.6. The SMILES string of the molecule is COCC1(OC)CCN(S(=O)(=O)c2cccc(OC)c2-c2ccn3ncc(CC(=O)O)c3c2)CC1. The van der Waals surface area contributed by atoms with E-state index in [1.807, 2.05) is 0 Å². The van der Waals surface area contributed by atoms with Gasteiger partial charge in [0.15, 0.2) is 0 Å². The van der Waals surface area contributed by atoms with Gasteiger partial charge in [0, 0.05) is 44.6 Å². The summed E-state index contributed by atoms with van der Waals surface area (Å²) in [6.45, 7) is 0.979. The Balaban J connectivity index is 1.77. The van der Waals surface area contributed by atoms with Gasteiger partial charge in [-0.2, -0.15) is 9.40 Å². The molecule has 2 aromatic heterocycles. The van der Waals surface area contributed by atoms with Crippen LogP contribution >= 0.6 is 0 Å². The molecular weight excluding hydrogens is 474 g/mol. The van der Waals surface area contributed by atoms with Crippen LogP contribution < -0.4 is 4.74 Å². The number of benzene rings is 1. The molecule has 0 bridgehead atoms. The second-order valence-electron chi connectivity index (χ2n) is 8.54. The summed E-state index contributed by atoms with van der Waals surface area (Å²) >= 11 is 0. The maximum absolute atomic E-state index is 13.8. The van der Waals surface area contributed by atoms with Crippen LogP contribution in [-0.2, 0) is 30.7 Å². The van der Waals surface area contributed by atoms with E-state index in [0.717, 1.165) is 0 Å². The third kappa shape index (κ3) is 4.76. The number of hydrogen-bond donors (Lipinski definition) is 1. The average molecular weight is 504 g/mol. The minimum absolute atomic E-state index is 0.122. The van der Waals surface area contributed by atoms with Gasteiger partial charge in [-0.3, -0.25) is 4.79 Å². The fraction of sp³-hybridized carbons (Fsp3) is 0.417. The number of rotatable bonds is 9. The van der Waals surface area contributed by atoms with Gasteiger partial charge < -0.3 is 19.3 Å². The third-order valence-electron chi connectivity index (χ3n) is 6.53. The Bertz CT molecular complexity index is 1330. The van der Waals surface area contributed by atoms with E-state index >= 15 is 0 Å². The summed E-state index contributed by atoms with van der Waals surface area (Å²) in [7, 11) is 0.834. The molecule has 0 amide bonds. The van der Waals surface area contributed by atoms with Gasteiger partial charge in [0.2, 0.25) is 10.0 Å². The third-order valence-corrected chi connectivity index (χ3v) is 8.47. The summed E-state index contributed by atoms with van der Waals surface area (Å²) in [6, 6.07) is 8.41. The fourth-order valence-corrected chi connectivity index (χ4v) is 6.28. The summed E-state index contributed by atoms with van der Waals surface area (Å²) < 4.78 is 47.2. The zero-order valence-corrected chi connectivity index (χ0v) is 20.7. The van der Waals surface area contributed by atoms with Crippen LogP contribution in [0.2, 0.25) is 0 Å². The largest absolute Gasteiger partial charge is 0.496 e. The molecular formula is C24H29N3O7S. The number of methoxy groups -OCH3 is 3. The highest BCUT2D eigenvalue weighted by molar-refractivity contribution is 7.89. The second kappa shape index (κ2) is 9.94. The lowest BCUT2D eigenvalue weighted by molar-refractivity contribution is -0.136. The molecule has 0 unspecified atom stereocenters. The highest BCUT2D eigenvalue weighted by Gasteiger charge is 2.39. The Labute approximate surface area is 204 Å². The lowest BCUT2D eigenvalue weighted by atomic mass is 9.93. The lowest BCUT2D eigenvalue weighted by Gasteiger charge is -2.39. The number of aromatic nitrogens is 2. The molecule has 0 aliphatic carbocycles. The zero-order valence-electron chi connectivity index (χ0n) is 19.9. The number of ether oxygens (including phenoxy) is 3. The molecule has 1 aromatic carbocycles. The van der Waals surface area contributed by atoms with Crippen molar-refractivity contribution in [2.24, 2.45) is 0 Å². The number of piperidine rings is 1. The number of fused-ring (bicyclic) bond motifs is 1. The zero-order chi connectivity index (χ0) is 25.2. The molecule has 4 rings (SSSR count). The van der Waals surface area contributed by atoms with Crippen molar-refractivity contribution in [3.05, 3.63) is 48.3 Å². The van der Waals surface area contributed by atoms with Gasteiger partial charge >= 0.3 is 5.97 Å². The van der Waals surface area contributed by atoms with Crippen molar-refractivity contribution in [1.82, 2.24) is 13.9 Å². The number of aliphatic carboxylic acids is 1. The summed E-state index contributed by atoms with van der Waals surface area (Å²) in [4.78, 5) is 11.4. The van der Waals surface area contributed by atoms with Gasteiger partial charge in [0.05, 0.1) is 42.3 Å². The monoisotopic (exact) mass is 503 g/mol. The van der Waals surface area contributed by atoms with E-state index in [4.69, 9.17) is 14.2 Å². The van der Waals surface area contributed by atoms with Crippen LogP contribution in [0.15, 0.2) is 47.6 Å². The number of sulfonamides is 1. The highest BCUT2D eigenvalue weighted by atomic mass is 32.2. The minimum atomic E-state index is -3.88. The highest BCUT2D eigenvalue weighted by Crippen LogP contribution is 2.39. The summed E-state index contributed by atoms with van der Waals surface area (Å²) in [5.41, 5.74) is 1.61. The average Bonchev–Trinajstić information content (AvgIpc) is 3.25. The molecule has 35 heavy (non-hydrogen) atoms. The smallest absolute Gasteiger partial charge is 0.307 e. The first kappa shape index (κ1) is 25.1. The van der Waals surface area contributed by atoms with Crippen molar-refractivity contribution in [3.63, 3.8) is 0 Å². The van der Waals surface area contributed by atoms with Crippen molar-refractivity contribution in [1.29, 1.82) is 0 Å². The number of carbonyl (C=O) groups is 1. The number of pyridine rings is 1. The van der Waals surface area contributed by atoms with E-state index in [-0.39, 0.29) is 11.3 Å². The Morgan fingerprint density at radius 2 is 1.91 bits per heavy atom. The van der Waals surface area contributed by atoms with Crippen molar-refractivity contribution >= 4 is 21.5 Å². The van der Waals surface area contributed by atoms with Gasteiger partial charge in [-0.25, -0.2) is 12.9 Å². The van der Waals surface area contributed by atoms with Crippen LogP contribution in [-0.4, -0.2) is 80.0 Å². The predicted molar refractivity (Wildman–Crippen MR) is 128 cm³/mol. The topological polar surface area (TPSA) is 120 Å². The Hall–Kier alpha value is -2.99. The molecule has 1 N–H and O–H groups in total. The van der Waals surface area contributed by atoms with Gasteiger partial charge in [0.1, 0.15) is 5.75 Å². The molecule has 0 spiro atoms. The molecule has 10 nitrogen and oxygen atoms in total. The molecule has 1 aliphatic rings. The molecule has 1 aliphatic heterocycles. The first-order valence-electron chi connectivity index (χ1n) is 11.1. The molecule has 1 saturated heterocycles. The van der Waals surface area contributed by atoms with E-state index in [0.29, 0.717) is 60.5 Å². The second-order valence-corrected chi connectivity index (χ2v) is 10.4. The number of nitrogens with zero attached hydrogens (tertiary/aromatic N) is 3. The van der Waals surface area contributed by atoms with Crippen molar-refractivity contribution in [3.8, 4) is 16.9 Å². The molecule has 0 saturated carbocycles. The summed E-state index contributed by atoms with van der Waals surface area (Å²) in [5, 5.41) is 13.4. The molecule has 11 heteroatoms. The number of carboxylic acids is 1. The molecule has 0 radical (unpaired) electrons. The van der Waals surface area contributed by atoms with Crippen LogP contribution in [0.3, 0.4) is 0 Å².